The number of halogens is 1. The zero-order valence-electron chi connectivity index (χ0n) is 9.30. The van der Waals surface area contributed by atoms with E-state index in [9.17, 15) is 4.79 Å². The van der Waals surface area contributed by atoms with E-state index in [2.05, 4.69) is 31.0 Å². The molecule has 14 heavy (non-hydrogen) atoms. The molecule has 84 valence electrons. The van der Waals surface area contributed by atoms with Crippen molar-refractivity contribution in [3.8, 4) is 0 Å². The summed E-state index contributed by atoms with van der Waals surface area (Å²) in [6, 6.07) is 0. The van der Waals surface area contributed by atoms with Gasteiger partial charge in [0, 0.05) is 13.1 Å². The first-order chi connectivity index (χ1) is 5.97. The molecule has 0 aromatic carbocycles. The predicted molar refractivity (Wildman–Crippen MR) is 60.8 cm³/mol. The van der Waals surface area contributed by atoms with Crippen LogP contribution in [-0.4, -0.2) is 37.0 Å². The molecule has 3 nitrogen and oxygen atoms in total. The molecule has 1 rings (SSSR count). The summed E-state index contributed by atoms with van der Waals surface area (Å²) in [5.74, 6) is 0.167. The maximum absolute atomic E-state index is 11.0. The van der Waals surface area contributed by atoms with E-state index in [1.54, 1.807) is 0 Å². The van der Waals surface area contributed by atoms with Crippen LogP contribution in [0.3, 0.4) is 0 Å². The van der Waals surface area contributed by atoms with Crippen molar-refractivity contribution in [2.45, 2.75) is 27.2 Å². The highest BCUT2D eigenvalue weighted by Crippen LogP contribution is 2.18. The van der Waals surface area contributed by atoms with Crippen LogP contribution in [0, 0.1) is 5.41 Å². The highest BCUT2D eigenvalue weighted by atomic mass is 35.5. The van der Waals surface area contributed by atoms with Crippen LogP contribution in [0.15, 0.2) is 0 Å². The third-order valence-electron chi connectivity index (χ3n) is 2.30. The summed E-state index contributed by atoms with van der Waals surface area (Å²) in [5.41, 5.74) is 0.369. The number of carbonyl (C=O) groups is 1. The van der Waals surface area contributed by atoms with Crippen molar-refractivity contribution >= 4 is 18.3 Å². The lowest BCUT2D eigenvalue weighted by Crippen LogP contribution is -2.48. The Morgan fingerprint density at radius 1 is 1.43 bits per heavy atom. The molecule has 0 saturated carbocycles. The number of nitrogens with zero attached hydrogens (tertiary/aromatic N) is 1. The van der Waals surface area contributed by atoms with Gasteiger partial charge in [0.05, 0.1) is 6.54 Å². The Labute approximate surface area is 92.6 Å². The van der Waals surface area contributed by atoms with Gasteiger partial charge in [0.2, 0.25) is 5.91 Å². The fraction of sp³-hybridized carbons (Fsp3) is 0.900. The number of piperazine rings is 1. The molecule has 0 spiro atoms. The molecule has 0 aromatic heterocycles. The lowest BCUT2D eigenvalue weighted by molar-refractivity contribution is -0.124. The van der Waals surface area contributed by atoms with Crippen molar-refractivity contribution in [2.24, 2.45) is 5.41 Å². The molecule has 0 unspecified atom stereocenters. The van der Waals surface area contributed by atoms with Gasteiger partial charge in [0.1, 0.15) is 0 Å². The van der Waals surface area contributed by atoms with E-state index in [4.69, 9.17) is 0 Å². The van der Waals surface area contributed by atoms with Crippen molar-refractivity contribution < 1.29 is 4.79 Å². The second kappa shape index (κ2) is 5.56. The first-order valence-electron chi connectivity index (χ1n) is 4.96. The Morgan fingerprint density at radius 2 is 2.07 bits per heavy atom. The normalized spacial score (nSPS) is 18.6. The van der Waals surface area contributed by atoms with Gasteiger partial charge >= 0.3 is 0 Å². The SMILES string of the molecule is CC(C)(C)CCN1CCNC(=O)C1.Cl. The number of rotatable bonds is 2. The summed E-state index contributed by atoms with van der Waals surface area (Å²) in [4.78, 5) is 13.3. The zero-order chi connectivity index (χ0) is 9.90. The average molecular weight is 221 g/mol. The number of amides is 1. The Hall–Kier alpha value is -0.280. The van der Waals surface area contributed by atoms with Gasteiger partial charge in [-0.1, -0.05) is 20.8 Å². The second-order valence-electron chi connectivity index (χ2n) is 4.94. The number of hydrogen-bond acceptors (Lipinski definition) is 2. The molecule has 0 atom stereocenters. The summed E-state index contributed by atoms with van der Waals surface area (Å²) in [6.07, 6.45) is 1.15. The smallest absolute Gasteiger partial charge is 0.234 e. The minimum atomic E-state index is 0. The van der Waals surface area contributed by atoms with Crippen LogP contribution >= 0.6 is 12.4 Å². The fourth-order valence-electron chi connectivity index (χ4n) is 1.38. The van der Waals surface area contributed by atoms with Gasteiger partial charge in [0.15, 0.2) is 0 Å². The van der Waals surface area contributed by atoms with E-state index >= 15 is 0 Å². The van der Waals surface area contributed by atoms with Crippen LogP contribution in [-0.2, 0) is 4.79 Å². The van der Waals surface area contributed by atoms with Crippen LogP contribution < -0.4 is 5.32 Å². The maximum Gasteiger partial charge on any atom is 0.234 e. The number of hydrogen-bond donors (Lipinski definition) is 1. The molecular weight excluding hydrogens is 200 g/mol. The molecule has 1 aliphatic rings. The molecule has 0 aliphatic carbocycles. The van der Waals surface area contributed by atoms with E-state index in [1.807, 2.05) is 0 Å². The summed E-state index contributed by atoms with van der Waals surface area (Å²) in [5, 5.41) is 2.83. The van der Waals surface area contributed by atoms with Gasteiger partial charge < -0.3 is 5.32 Å². The first kappa shape index (κ1) is 13.7. The van der Waals surface area contributed by atoms with Crippen LogP contribution in [0.4, 0.5) is 0 Å². The van der Waals surface area contributed by atoms with E-state index in [1.165, 1.54) is 0 Å². The molecule has 1 heterocycles. The van der Waals surface area contributed by atoms with Gasteiger partial charge in [-0.2, -0.15) is 0 Å². The largest absolute Gasteiger partial charge is 0.354 e. The average Bonchev–Trinajstić information content (AvgIpc) is 2.00. The fourth-order valence-corrected chi connectivity index (χ4v) is 1.38. The Bertz CT molecular complexity index is 189. The molecule has 1 N–H and O–H groups in total. The van der Waals surface area contributed by atoms with Crippen LogP contribution in [0.1, 0.15) is 27.2 Å². The summed E-state index contributed by atoms with van der Waals surface area (Å²) in [7, 11) is 0. The molecular formula is C10H21ClN2O. The molecule has 1 fully saturated rings. The second-order valence-corrected chi connectivity index (χ2v) is 4.94. The van der Waals surface area contributed by atoms with Gasteiger partial charge in [0.25, 0.3) is 0 Å². The lowest BCUT2D eigenvalue weighted by Gasteiger charge is -2.29. The molecule has 1 amide bonds. The minimum absolute atomic E-state index is 0. The van der Waals surface area contributed by atoms with Gasteiger partial charge in [-0.15, -0.1) is 12.4 Å². The molecule has 1 saturated heterocycles. The maximum atomic E-state index is 11.0. The lowest BCUT2D eigenvalue weighted by atomic mass is 9.92. The standard InChI is InChI=1S/C10H20N2O.ClH/c1-10(2,3)4-6-12-7-5-11-9(13)8-12;/h4-8H2,1-3H3,(H,11,13);1H. The molecule has 0 radical (unpaired) electrons. The third kappa shape index (κ3) is 5.45. The van der Waals surface area contributed by atoms with Crippen molar-refractivity contribution in [3.05, 3.63) is 0 Å². The van der Waals surface area contributed by atoms with Crippen molar-refractivity contribution in [2.75, 3.05) is 26.2 Å². The van der Waals surface area contributed by atoms with Gasteiger partial charge in [-0.25, -0.2) is 0 Å². The molecule has 1 aliphatic heterocycles. The van der Waals surface area contributed by atoms with Crippen molar-refractivity contribution in [3.63, 3.8) is 0 Å². The molecule has 0 bridgehead atoms. The Kier molecular flexibility index (Phi) is 5.45. The van der Waals surface area contributed by atoms with E-state index < -0.39 is 0 Å². The third-order valence-corrected chi connectivity index (χ3v) is 2.30. The van der Waals surface area contributed by atoms with Crippen LogP contribution in [0.5, 0.6) is 0 Å². The van der Waals surface area contributed by atoms with E-state index in [-0.39, 0.29) is 18.3 Å². The highest BCUT2D eigenvalue weighted by molar-refractivity contribution is 5.85. The minimum Gasteiger partial charge on any atom is -0.354 e. The van der Waals surface area contributed by atoms with Crippen molar-refractivity contribution in [1.29, 1.82) is 0 Å². The summed E-state index contributed by atoms with van der Waals surface area (Å²) in [6.45, 7) is 10.1. The summed E-state index contributed by atoms with van der Waals surface area (Å²) >= 11 is 0. The van der Waals surface area contributed by atoms with Crippen LogP contribution in [0.25, 0.3) is 0 Å². The predicted octanol–water partition coefficient (Wildman–Crippen LogP) is 1.28. The summed E-state index contributed by atoms with van der Waals surface area (Å²) < 4.78 is 0. The molecule has 4 heteroatoms. The Balaban J connectivity index is 0.00000169. The molecule has 0 aromatic rings. The quantitative estimate of drug-likeness (QED) is 0.761. The number of carbonyl (C=O) groups excluding carboxylic acids is 1. The van der Waals surface area contributed by atoms with Gasteiger partial charge in [-0.05, 0) is 18.4 Å². The monoisotopic (exact) mass is 220 g/mol. The van der Waals surface area contributed by atoms with Crippen molar-refractivity contribution in [1.82, 2.24) is 10.2 Å². The van der Waals surface area contributed by atoms with Crippen LogP contribution in [0.2, 0.25) is 0 Å². The van der Waals surface area contributed by atoms with E-state index in [0.717, 1.165) is 26.1 Å². The zero-order valence-corrected chi connectivity index (χ0v) is 10.1. The number of nitrogens with one attached hydrogen (secondary N) is 1. The Morgan fingerprint density at radius 3 is 2.57 bits per heavy atom. The van der Waals surface area contributed by atoms with E-state index in [0.29, 0.717) is 12.0 Å². The highest BCUT2D eigenvalue weighted by Gasteiger charge is 2.18. The van der Waals surface area contributed by atoms with Gasteiger partial charge in [-0.3, -0.25) is 9.69 Å². The first-order valence-corrected chi connectivity index (χ1v) is 4.96. The topological polar surface area (TPSA) is 32.3 Å².